The average molecular weight is 440 g/mol. The van der Waals surface area contributed by atoms with Crippen molar-refractivity contribution in [1.29, 1.82) is 0 Å². The Bertz CT molecular complexity index is 1100. The van der Waals surface area contributed by atoms with Gasteiger partial charge >= 0.3 is 0 Å². The number of aromatic nitrogens is 1. The third kappa shape index (κ3) is 3.51. The molecule has 1 saturated carbocycles. The second-order valence-corrected chi connectivity index (χ2v) is 8.55. The summed E-state index contributed by atoms with van der Waals surface area (Å²) in [4.78, 5) is 46.3. The molecule has 0 radical (unpaired) electrons. The number of piperidine rings is 1. The monoisotopic (exact) mass is 440 g/mol. The number of carbonyl (C=O) groups is 3. The fourth-order valence-electron chi connectivity index (χ4n) is 4.24. The first-order valence-corrected chi connectivity index (χ1v) is 10.6. The molecule has 1 aromatic heterocycles. The van der Waals surface area contributed by atoms with Crippen LogP contribution >= 0.6 is 0 Å². The van der Waals surface area contributed by atoms with Crippen molar-refractivity contribution in [2.24, 2.45) is 0 Å². The molecular formula is C23H22F2N4O3. The normalized spacial score (nSPS) is 19.8. The smallest absolute Gasteiger partial charge is 0.261 e. The Morgan fingerprint density at radius 3 is 2.38 bits per heavy atom. The van der Waals surface area contributed by atoms with Crippen LogP contribution in [-0.2, 0) is 0 Å². The molecular weight excluding hydrogens is 418 g/mol. The number of amides is 3. The van der Waals surface area contributed by atoms with E-state index < -0.39 is 5.92 Å². The van der Waals surface area contributed by atoms with Gasteiger partial charge in [-0.2, -0.15) is 0 Å². The highest BCUT2D eigenvalue weighted by molar-refractivity contribution is 6.21. The molecule has 2 aromatic rings. The number of benzene rings is 1. The number of likely N-dealkylation sites (tertiary alicyclic amines) is 1. The van der Waals surface area contributed by atoms with Crippen LogP contribution in [0.4, 0.5) is 20.3 Å². The lowest BCUT2D eigenvalue weighted by Crippen LogP contribution is -2.42. The quantitative estimate of drug-likeness (QED) is 0.681. The first-order valence-electron chi connectivity index (χ1n) is 10.6. The molecule has 7 nitrogen and oxygen atoms in total. The number of fused-ring (bicyclic) bond motifs is 1. The van der Waals surface area contributed by atoms with Crippen LogP contribution in [0.5, 0.6) is 0 Å². The molecule has 0 bridgehead atoms. The number of hydrogen-bond acceptors (Lipinski definition) is 5. The molecule has 0 unspecified atom stereocenters. The summed E-state index contributed by atoms with van der Waals surface area (Å²) >= 11 is 0. The fraction of sp³-hybridized carbons (Fsp3) is 0.391. The minimum absolute atomic E-state index is 0.0259. The topological polar surface area (TPSA) is 73.8 Å². The van der Waals surface area contributed by atoms with Gasteiger partial charge in [0.15, 0.2) is 0 Å². The summed E-state index contributed by atoms with van der Waals surface area (Å²) in [7, 11) is 1.46. The van der Waals surface area contributed by atoms with E-state index >= 15 is 0 Å². The van der Waals surface area contributed by atoms with Crippen LogP contribution in [0.1, 0.15) is 56.8 Å². The summed E-state index contributed by atoms with van der Waals surface area (Å²) in [5, 5.41) is 0. The Labute approximate surface area is 183 Å². The molecule has 0 atom stereocenters. The average Bonchev–Trinajstić information content (AvgIpc) is 3.59. The number of hydrogen-bond donors (Lipinski definition) is 0. The zero-order valence-corrected chi connectivity index (χ0v) is 17.6. The fourth-order valence-corrected chi connectivity index (χ4v) is 4.24. The van der Waals surface area contributed by atoms with E-state index in [1.54, 1.807) is 30.3 Å². The van der Waals surface area contributed by atoms with Gasteiger partial charge in [-0.05, 0) is 43.2 Å². The van der Waals surface area contributed by atoms with Crippen molar-refractivity contribution in [2.45, 2.75) is 37.6 Å². The standard InChI is InChI=1S/C23H22F2N4O3/c1-27-21(31)17-6-5-16(12-18(17)22(27)32)29(15-3-4-15)19-7-2-14(13-26-19)20(30)28-10-8-23(24,25)9-11-28/h2,5-7,12-13,15H,3-4,8-11H2,1H3. The number of anilines is 2. The molecule has 9 heteroatoms. The highest BCUT2D eigenvalue weighted by atomic mass is 19.3. The van der Waals surface area contributed by atoms with E-state index in [4.69, 9.17) is 0 Å². The molecule has 3 aliphatic rings. The van der Waals surface area contributed by atoms with Crippen LogP contribution < -0.4 is 4.90 Å². The predicted molar refractivity (Wildman–Crippen MR) is 112 cm³/mol. The van der Waals surface area contributed by atoms with Crippen molar-refractivity contribution >= 4 is 29.2 Å². The first kappa shape index (κ1) is 20.5. The van der Waals surface area contributed by atoms with Gasteiger partial charge in [0.25, 0.3) is 23.6 Å². The largest absolute Gasteiger partial charge is 0.338 e. The van der Waals surface area contributed by atoms with Crippen molar-refractivity contribution in [3.8, 4) is 0 Å². The Morgan fingerprint density at radius 1 is 1.06 bits per heavy atom. The van der Waals surface area contributed by atoms with E-state index in [-0.39, 0.29) is 49.7 Å². The number of imide groups is 1. The third-order valence-electron chi connectivity index (χ3n) is 6.29. The van der Waals surface area contributed by atoms with Crippen molar-refractivity contribution in [3.63, 3.8) is 0 Å². The van der Waals surface area contributed by atoms with Crippen LogP contribution in [0.2, 0.25) is 0 Å². The molecule has 3 heterocycles. The minimum atomic E-state index is -2.71. The minimum Gasteiger partial charge on any atom is -0.338 e. The van der Waals surface area contributed by atoms with Crippen molar-refractivity contribution in [2.75, 3.05) is 25.0 Å². The van der Waals surface area contributed by atoms with E-state index in [1.807, 2.05) is 4.90 Å². The van der Waals surface area contributed by atoms with Crippen LogP contribution in [0.25, 0.3) is 0 Å². The molecule has 5 rings (SSSR count). The molecule has 3 amide bonds. The summed E-state index contributed by atoms with van der Waals surface area (Å²) in [6.07, 6.45) is 2.75. The second-order valence-electron chi connectivity index (χ2n) is 8.55. The maximum absolute atomic E-state index is 13.4. The van der Waals surface area contributed by atoms with Gasteiger partial charge in [-0.3, -0.25) is 19.3 Å². The maximum atomic E-state index is 13.4. The van der Waals surface area contributed by atoms with Crippen molar-refractivity contribution in [3.05, 3.63) is 53.2 Å². The first-order chi connectivity index (χ1) is 15.2. The van der Waals surface area contributed by atoms with Gasteiger partial charge < -0.3 is 9.80 Å². The van der Waals surface area contributed by atoms with Crippen molar-refractivity contribution < 1.29 is 23.2 Å². The van der Waals surface area contributed by atoms with E-state index in [2.05, 4.69) is 4.98 Å². The second kappa shape index (κ2) is 7.36. The molecule has 0 N–H and O–H groups in total. The number of pyridine rings is 1. The van der Waals surface area contributed by atoms with Gasteiger partial charge in [0, 0.05) is 50.9 Å². The summed E-state index contributed by atoms with van der Waals surface area (Å²) in [5.74, 6) is -3.03. The third-order valence-corrected chi connectivity index (χ3v) is 6.29. The number of nitrogens with zero attached hydrogens (tertiary/aromatic N) is 4. The summed E-state index contributed by atoms with van der Waals surface area (Å²) in [6.45, 7) is 0.0518. The summed E-state index contributed by atoms with van der Waals surface area (Å²) in [6, 6.07) is 8.78. The van der Waals surface area contributed by atoms with E-state index in [1.165, 1.54) is 18.1 Å². The van der Waals surface area contributed by atoms with Gasteiger partial charge in [0.1, 0.15) is 5.82 Å². The van der Waals surface area contributed by atoms with Gasteiger partial charge in [-0.1, -0.05) is 0 Å². The molecule has 1 saturated heterocycles. The van der Waals surface area contributed by atoms with Gasteiger partial charge in [0.2, 0.25) is 0 Å². The van der Waals surface area contributed by atoms with Crippen LogP contribution in [0, 0.1) is 0 Å². The molecule has 166 valence electrons. The predicted octanol–water partition coefficient (Wildman–Crippen LogP) is 3.48. The zero-order chi connectivity index (χ0) is 22.6. The number of alkyl halides is 2. The van der Waals surface area contributed by atoms with E-state index in [9.17, 15) is 23.2 Å². The molecule has 2 aliphatic heterocycles. The number of rotatable bonds is 4. The Kier molecular flexibility index (Phi) is 4.72. The van der Waals surface area contributed by atoms with Gasteiger partial charge in [0.05, 0.1) is 16.7 Å². The number of halogens is 2. The van der Waals surface area contributed by atoms with E-state index in [0.29, 0.717) is 22.5 Å². The van der Waals surface area contributed by atoms with E-state index in [0.717, 1.165) is 23.4 Å². The van der Waals surface area contributed by atoms with Gasteiger partial charge in [-0.15, -0.1) is 0 Å². The van der Waals surface area contributed by atoms with Gasteiger partial charge in [-0.25, -0.2) is 13.8 Å². The Balaban J connectivity index is 1.39. The lowest BCUT2D eigenvalue weighted by molar-refractivity contribution is -0.0494. The summed E-state index contributed by atoms with van der Waals surface area (Å²) in [5.41, 5.74) is 1.87. The van der Waals surface area contributed by atoms with Crippen LogP contribution in [-0.4, -0.2) is 64.6 Å². The van der Waals surface area contributed by atoms with Crippen LogP contribution in [0.3, 0.4) is 0 Å². The zero-order valence-electron chi connectivity index (χ0n) is 17.6. The molecule has 1 aliphatic carbocycles. The Morgan fingerprint density at radius 2 is 1.75 bits per heavy atom. The van der Waals surface area contributed by atoms with Crippen molar-refractivity contribution in [1.82, 2.24) is 14.8 Å². The van der Waals surface area contributed by atoms with Crippen LogP contribution in [0.15, 0.2) is 36.5 Å². The summed E-state index contributed by atoms with van der Waals surface area (Å²) < 4.78 is 26.8. The SMILES string of the molecule is CN1C(=O)c2ccc(N(c3ccc(C(=O)N4CCC(F)(F)CC4)cn3)C3CC3)cc2C1=O. The molecule has 32 heavy (non-hydrogen) atoms. The molecule has 0 spiro atoms. The maximum Gasteiger partial charge on any atom is 0.261 e. The lowest BCUT2D eigenvalue weighted by Gasteiger charge is -2.31. The Hall–Kier alpha value is -3.36. The number of carbonyl (C=O) groups excluding carboxylic acids is 3. The lowest BCUT2D eigenvalue weighted by atomic mass is 10.1. The highest BCUT2D eigenvalue weighted by Gasteiger charge is 2.37. The highest BCUT2D eigenvalue weighted by Crippen LogP contribution is 2.39. The molecule has 2 fully saturated rings. The molecule has 1 aromatic carbocycles.